The molecule has 3 N–H and O–H groups in total. The summed E-state index contributed by atoms with van der Waals surface area (Å²) in [5.41, 5.74) is 3.58. The van der Waals surface area contributed by atoms with Crippen molar-refractivity contribution in [3.05, 3.63) is 65.7 Å². The highest BCUT2D eigenvalue weighted by molar-refractivity contribution is 7.80. The summed E-state index contributed by atoms with van der Waals surface area (Å²) in [6.07, 6.45) is 0. The Bertz CT molecular complexity index is 639. The standard InChI is InChI=1S/C19H23N3OS/c24-19(20-14-16-4-2-1-3-5-16)21-18-8-6-17(7-9-18)15-22-10-12-23-13-11-22/h1-9H,10-15H2,(H2,20,21,24)/p+1. The molecule has 0 aliphatic carbocycles. The number of anilines is 1. The van der Waals surface area contributed by atoms with E-state index in [4.69, 9.17) is 17.0 Å². The number of morpholine rings is 1. The zero-order valence-electron chi connectivity index (χ0n) is 13.8. The van der Waals surface area contributed by atoms with Gasteiger partial charge in [0.25, 0.3) is 0 Å². The molecule has 0 unspecified atom stereocenters. The molecule has 1 saturated heterocycles. The summed E-state index contributed by atoms with van der Waals surface area (Å²) < 4.78 is 5.40. The molecule has 24 heavy (non-hydrogen) atoms. The number of thiocarbonyl (C=S) groups is 1. The fourth-order valence-electron chi connectivity index (χ4n) is 2.78. The summed E-state index contributed by atoms with van der Waals surface area (Å²) in [4.78, 5) is 1.59. The first-order valence-electron chi connectivity index (χ1n) is 8.38. The number of benzene rings is 2. The van der Waals surface area contributed by atoms with Gasteiger partial charge in [-0.1, -0.05) is 42.5 Å². The molecule has 1 aliphatic heterocycles. The van der Waals surface area contributed by atoms with E-state index in [0.717, 1.165) is 45.1 Å². The predicted octanol–water partition coefficient (Wildman–Crippen LogP) is 1.59. The molecule has 5 heteroatoms. The van der Waals surface area contributed by atoms with Gasteiger partial charge in [0.15, 0.2) is 5.11 Å². The van der Waals surface area contributed by atoms with Gasteiger partial charge < -0.3 is 20.3 Å². The van der Waals surface area contributed by atoms with E-state index in [1.165, 1.54) is 11.1 Å². The van der Waals surface area contributed by atoms with Gasteiger partial charge in [0.05, 0.1) is 13.2 Å². The fraction of sp³-hybridized carbons (Fsp3) is 0.316. The van der Waals surface area contributed by atoms with Crippen LogP contribution in [0.1, 0.15) is 11.1 Å². The average molecular weight is 342 g/mol. The lowest BCUT2D eigenvalue weighted by molar-refractivity contribution is -0.921. The van der Waals surface area contributed by atoms with E-state index in [9.17, 15) is 0 Å². The minimum atomic E-state index is 0.644. The lowest BCUT2D eigenvalue weighted by Crippen LogP contribution is -3.12. The van der Waals surface area contributed by atoms with Crippen molar-refractivity contribution in [2.45, 2.75) is 13.1 Å². The molecular weight excluding hydrogens is 318 g/mol. The van der Waals surface area contributed by atoms with Crippen molar-refractivity contribution in [2.75, 3.05) is 31.6 Å². The summed E-state index contributed by atoms with van der Waals surface area (Å²) >= 11 is 5.36. The van der Waals surface area contributed by atoms with Crippen molar-refractivity contribution < 1.29 is 9.64 Å². The Morgan fingerprint density at radius 3 is 2.38 bits per heavy atom. The van der Waals surface area contributed by atoms with E-state index in [2.05, 4.69) is 47.0 Å². The summed E-state index contributed by atoms with van der Waals surface area (Å²) in [5.74, 6) is 0. The lowest BCUT2D eigenvalue weighted by Gasteiger charge is -2.23. The van der Waals surface area contributed by atoms with Gasteiger partial charge in [-0.25, -0.2) is 0 Å². The maximum atomic E-state index is 5.40. The first-order valence-corrected chi connectivity index (χ1v) is 8.79. The maximum Gasteiger partial charge on any atom is 0.171 e. The van der Waals surface area contributed by atoms with Crippen LogP contribution in [-0.2, 0) is 17.8 Å². The highest BCUT2D eigenvalue weighted by atomic mass is 32.1. The monoisotopic (exact) mass is 342 g/mol. The number of hydrogen-bond donors (Lipinski definition) is 3. The second kappa shape index (κ2) is 8.78. The fourth-order valence-corrected chi connectivity index (χ4v) is 2.97. The number of quaternary nitrogens is 1. The molecule has 4 nitrogen and oxygen atoms in total. The zero-order chi connectivity index (χ0) is 16.6. The van der Waals surface area contributed by atoms with Crippen LogP contribution in [0.5, 0.6) is 0 Å². The van der Waals surface area contributed by atoms with Crippen molar-refractivity contribution in [1.29, 1.82) is 0 Å². The van der Waals surface area contributed by atoms with Gasteiger partial charge in [-0.05, 0) is 29.9 Å². The third-order valence-electron chi connectivity index (χ3n) is 4.16. The quantitative estimate of drug-likeness (QED) is 0.722. The summed E-state index contributed by atoms with van der Waals surface area (Å²) in [5, 5.41) is 7.11. The number of nitrogens with one attached hydrogen (secondary N) is 3. The van der Waals surface area contributed by atoms with Gasteiger partial charge in [0.2, 0.25) is 0 Å². The molecule has 2 aromatic carbocycles. The van der Waals surface area contributed by atoms with E-state index in [0.29, 0.717) is 5.11 Å². The average Bonchev–Trinajstić information content (AvgIpc) is 2.63. The molecule has 0 aromatic heterocycles. The molecule has 0 atom stereocenters. The third kappa shape index (κ3) is 5.30. The third-order valence-corrected chi connectivity index (χ3v) is 4.41. The number of rotatable bonds is 5. The van der Waals surface area contributed by atoms with E-state index >= 15 is 0 Å². The molecule has 3 rings (SSSR count). The zero-order valence-corrected chi connectivity index (χ0v) is 14.6. The number of hydrogen-bond acceptors (Lipinski definition) is 2. The molecule has 0 bridgehead atoms. The van der Waals surface area contributed by atoms with Crippen molar-refractivity contribution >= 4 is 23.0 Å². The largest absolute Gasteiger partial charge is 0.370 e. The van der Waals surface area contributed by atoms with Gasteiger partial charge >= 0.3 is 0 Å². The predicted molar refractivity (Wildman–Crippen MR) is 101 cm³/mol. The van der Waals surface area contributed by atoms with Crippen LogP contribution in [0.2, 0.25) is 0 Å². The van der Waals surface area contributed by atoms with Crippen LogP contribution in [0.4, 0.5) is 5.69 Å². The Balaban J connectivity index is 1.45. The first kappa shape index (κ1) is 16.9. The van der Waals surface area contributed by atoms with Crippen molar-refractivity contribution in [3.63, 3.8) is 0 Å². The van der Waals surface area contributed by atoms with Gasteiger partial charge in [0, 0.05) is 17.8 Å². The van der Waals surface area contributed by atoms with Gasteiger partial charge in [-0.2, -0.15) is 0 Å². The Kier molecular flexibility index (Phi) is 6.18. The molecule has 126 valence electrons. The molecule has 0 saturated carbocycles. The topological polar surface area (TPSA) is 37.7 Å². The van der Waals surface area contributed by atoms with Crippen molar-refractivity contribution in [3.8, 4) is 0 Å². The van der Waals surface area contributed by atoms with Crippen LogP contribution in [0.15, 0.2) is 54.6 Å². The Labute approximate surface area is 148 Å². The molecular formula is C19H24N3OS+. The lowest BCUT2D eigenvalue weighted by atomic mass is 10.2. The van der Waals surface area contributed by atoms with E-state index in [-0.39, 0.29) is 0 Å². The van der Waals surface area contributed by atoms with Gasteiger partial charge in [-0.3, -0.25) is 0 Å². The molecule has 2 aromatic rings. The van der Waals surface area contributed by atoms with Crippen molar-refractivity contribution in [1.82, 2.24) is 5.32 Å². The van der Waals surface area contributed by atoms with E-state index < -0.39 is 0 Å². The van der Waals surface area contributed by atoms with Crippen LogP contribution in [0.25, 0.3) is 0 Å². The van der Waals surface area contributed by atoms with E-state index in [1.54, 1.807) is 4.90 Å². The highest BCUT2D eigenvalue weighted by Gasteiger charge is 2.13. The van der Waals surface area contributed by atoms with Crippen molar-refractivity contribution in [2.24, 2.45) is 0 Å². The Morgan fingerprint density at radius 2 is 1.67 bits per heavy atom. The number of ether oxygens (including phenoxy) is 1. The SMILES string of the molecule is S=C(NCc1ccccc1)Nc1ccc(C[NH+]2CCOCC2)cc1. The second-order valence-corrected chi connectivity index (χ2v) is 6.44. The highest BCUT2D eigenvalue weighted by Crippen LogP contribution is 2.09. The summed E-state index contributed by atoms with van der Waals surface area (Å²) in [6.45, 7) is 5.71. The normalized spacial score (nSPS) is 15.0. The van der Waals surface area contributed by atoms with Gasteiger partial charge in [-0.15, -0.1) is 0 Å². The molecule has 1 fully saturated rings. The molecule has 1 aliphatic rings. The van der Waals surface area contributed by atoms with E-state index in [1.807, 2.05) is 18.2 Å². The molecule has 0 amide bonds. The molecule has 1 heterocycles. The molecule has 0 radical (unpaired) electrons. The second-order valence-electron chi connectivity index (χ2n) is 6.03. The van der Waals surface area contributed by atoms with Gasteiger partial charge in [0.1, 0.15) is 19.6 Å². The minimum Gasteiger partial charge on any atom is -0.370 e. The maximum absolute atomic E-state index is 5.40. The summed E-state index contributed by atoms with van der Waals surface area (Å²) in [7, 11) is 0. The first-order chi connectivity index (χ1) is 11.8. The summed E-state index contributed by atoms with van der Waals surface area (Å²) in [6, 6.07) is 18.8. The Morgan fingerprint density at radius 1 is 0.958 bits per heavy atom. The Hall–Kier alpha value is -1.95. The van der Waals surface area contributed by atoms with Crippen LogP contribution in [0.3, 0.4) is 0 Å². The van der Waals surface area contributed by atoms with Crippen LogP contribution in [-0.4, -0.2) is 31.4 Å². The molecule has 0 spiro atoms. The van der Waals surface area contributed by atoms with Crippen LogP contribution >= 0.6 is 12.2 Å². The smallest absolute Gasteiger partial charge is 0.171 e. The van der Waals surface area contributed by atoms with Crippen LogP contribution in [0, 0.1) is 0 Å². The minimum absolute atomic E-state index is 0.644. The van der Waals surface area contributed by atoms with Crippen LogP contribution < -0.4 is 15.5 Å².